The van der Waals surface area contributed by atoms with Crippen molar-refractivity contribution < 1.29 is 14.6 Å². The Morgan fingerprint density at radius 3 is 2.43 bits per heavy atom. The summed E-state index contributed by atoms with van der Waals surface area (Å²) in [4.78, 5) is 0. The van der Waals surface area contributed by atoms with Gasteiger partial charge in [-0.25, -0.2) is 0 Å². The largest absolute Gasteiger partial charge is 0.489 e. The van der Waals surface area contributed by atoms with E-state index in [4.69, 9.17) is 9.47 Å². The molecule has 3 aliphatic rings. The molecule has 0 bridgehead atoms. The van der Waals surface area contributed by atoms with Crippen molar-refractivity contribution in [2.24, 2.45) is 23.7 Å². The van der Waals surface area contributed by atoms with Gasteiger partial charge in [0.1, 0.15) is 0 Å². The van der Waals surface area contributed by atoms with E-state index in [0.29, 0.717) is 25.0 Å². The van der Waals surface area contributed by atoms with Crippen LogP contribution in [0.5, 0.6) is 11.5 Å². The number of rotatable bonds is 2. The number of hydrogen-bond donors (Lipinski definition) is 1. The van der Waals surface area contributed by atoms with Gasteiger partial charge in [-0.2, -0.15) is 0 Å². The number of aliphatic hydroxyl groups is 1. The van der Waals surface area contributed by atoms with Gasteiger partial charge in [-0.1, -0.05) is 25.8 Å². The summed E-state index contributed by atoms with van der Waals surface area (Å²) in [6, 6.07) is 5.95. The topological polar surface area (TPSA) is 38.7 Å². The van der Waals surface area contributed by atoms with Crippen LogP contribution in [0.4, 0.5) is 0 Å². The van der Waals surface area contributed by atoms with Gasteiger partial charge in [0.15, 0.2) is 11.5 Å². The van der Waals surface area contributed by atoms with Gasteiger partial charge in [0, 0.05) is 5.92 Å². The third-order valence-corrected chi connectivity index (χ3v) is 5.44. The zero-order valence-corrected chi connectivity index (χ0v) is 12.6. The molecule has 3 heteroatoms. The van der Waals surface area contributed by atoms with Crippen LogP contribution >= 0.6 is 0 Å². The third kappa shape index (κ3) is 2.42. The van der Waals surface area contributed by atoms with Gasteiger partial charge < -0.3 is 14.6 Å². The fourth-order valence-corrected chi connectivity index (χ4v) is 4.19. The summed E-state index contributed by atoms with van der Waals surface area (Å²) < 4.78 is 11.6. The molecular formula is C18H24O3. The smallest absolute Gasteiger partial charge is 0.161 e. The van der Waals surface area contributed by atoms with Crippen molar-refractivity contribution in [3.05, 3.63) is 23.8 Å². The van der Waals surface area contributed by atoms with Crippen LogP contribution in [0.25, 0.3) is 0 Å². The van der Waals surface area contributed by atoms with E-state index in [1.54, 1.807) is 0 Å². The molecule has 1 N–H and O–H groups in total. The second-order valence-corrected chi connectivity index (χ2v) is 7.07. The molecule has 21 heavy (non-hydrogen) atoms. The zero-order chi connectivity index (χ0) is 14.4. The van der Waals surface area contributed by atoms with Crippen LogP contribution in [0, 0.1) is 23.7 Å². The van der Waals surface area contributed by atoms with Crippen LogP contribution in [0.2, 0.25) is 0 Å². The first kappa shape index (κ1) is 13.4. The van der Waals surface area contributed by atoms with Gasteiger partial charge in [0.05, 0.1) is 19.3 Å². The quantitative estimate of drug-likeness (QED) is 0.904. The van der Waals surface area contributed by atoms with Gasteiger partial charge in [0.2, 0.25) is 0 Å². The van der Waals surface area contributed by atoms with Crippen LogP contribution in [0.3, 0.4) is 0 Å². The lowest BCUT2D eigenvalue weighted by atomic mass is 10.0. The molecule has 1 heterocycles. The van der Waals surface area contributed by atoms with E-state index in [2.05, 4.69) is 6.92 Å². The van der Waals surface area contributed by atoms with Crippen LogP contribution < -0.4 is 9.47 Å². The van der Waals surface area contributed by atoms with Crippen LogP contribution in [-0.2, 0) is 0 Å². The highest BCUT2D eigenvalue weighted by atomic mass is 16.5. The second kappa shape index (κ2) is 5.20. The summed E-state index contributed by atoms with van der Waals surface area (Å²) in [7, 11) is 0. The monoisotopic (exact) mass is 288 g/mol. The average molecular weight is 288 g/mol. The molecule has 114 valence electrons. The first-order valence-electron chi connectivity index (χ1n) is 8.31. The molecular weight excluding hydrogens is 264 g/mol. The fourth-order valence-electron chi connectivity index (χ4n) is 4.19. The molecule has 2 fully saturated rings. The lowest BCUT2D eigenvalue weighted by Gasteiger charge is -2.14. The maximum atomic E-state index is 10.7. The molecule has 0 aromatic heterocycles. The number of hydrogen-bond acceptors (Lipinski definition) is 3. The van der Waals surface area contributed by atoms with E-state index in [0.717, 1.165) is 28.9 Å². The van der Waals surface area contributed by atoms with Gasteiger partial charge in [0.25, 0.3) is 0 Å². The summed E-state index contributed by atoms with van der Waals surface area (Å²) in [5.74, 6) is 3.98. The maximum absolute atomic E-state index is 10.7. The Hall–Kier alpha value is -1.22. The lowest BCUT2D eigenvalue weighted by Crippen LogP contribution is -2.12. The van der Waals surface area contributed by atoms with Crippen LogP contribution in [-0.4, -0.2) is 18.3 Å². The predicted octanol–water partition coefficient (Wildman–Crippen LogP) is 3.56. The van der Waals surface area contributed by atoms with E-state index in [1.807, 2.05) is 18.2 Å². The molecule has 1 aromatic rings. The molecule has 0 saturated heterocycles. The molecule has 4 atom stereocenters. The number of benzene rings is 1. The molecule has 0 radical (unpaired) electrons. The summed E-state index contributed by atoms with van der Waals surface area (Å²) in [5.41, 5.74) is 0.992. The first-order valence-corrected chi connectivity index (χ1v) is 8.31. The Kier molecular flexibility index (Phi) is 3.33. The Balaban J connectivity index is 1.53. The van der Waals surface area contributed by atoms with Gasteiger partial charge in [-0.3, -0.25) is 0 Å². The third-order valence-electron chi connectivity index (χ3n) is 5.44. The van der Waals surface area contributed by atoms with Crippen LogP contribution in [0.15, 0.2) is 18.2 Å². The molecule has 1 aliphatic heterocycles. The van der Waals surface area contributed by atoms with Crippen molar-refractivity contribution in [1.82, 2.24) is 0 Å². The van der Waals surface area contributed by atoms with Crippen molar-refractivity contribution in [1.29, 1.82) is 0 Å². The highest BCUT2D eigenvalue weighted by Gasteiger charge is 2.54. The Bertz CT molecular complexity index is 515. The van der Waals surface area contributed by atoms with Crippen molar-refractivity contribution >= 4 is 0 Å². The van der Waals surface area contributed by atoms with Crippen molar-refractivity contribution in [2.45, 2.75) is 38.7 Å². The number of fused-ring (bicyclic) bond motifs is 2. The van der Waals surface area contributed by atoms with Gasteiger partial charge in [-0.05, 0) is 48.3 Å². The SMILES string of the molecule is CC1COc2ccc(C(O)C3C4CCCCC43)cc2OC1. The van der Waals surface area contributed by atoms with Crippen molar-refractivity contribution in [2.75, 3.05) is 13.2 Å². The van der Waals surface area contributed by atoms with Crippen molar-refractivity contribution in [3.63, 3.8) is 0 Å². The fraction of sp³-hybridized carbons (Fsp3) is 0.667. The summed E-state index contributed by atoms with van der Waals surface area (Å²) >= 11 is 0. The first-order chi connectivity index (χ1) is 10.2. The van der Waals surface area contributed by atoms with E-state index in [9.17, 15) is 5.11 Å². The molecule has 0 spiro atoms. The zero-order valence-electron chi connectivity index (χ0n) is 12.6. The lowest BCUT2D eigenvalue weighted by molar-refractivity contribution is 0.141. The van der Waals surface area contributed by atoms with Gasteiger partial charge in [-0.15, -0.1) is 0 Å². The molecule has 2 saturated carbocycles. The summed E-state index contributed by atoms with van der Waals surface area (Å²) in [6.45, 7) is 3.50. The molecule has 1 aromatic carbocycles. The molecule has 4 rings (SSSR count). The second-order valence-electron chi connectivity index (χ2n) is 7.07. The Morgan fingerprint density at radius 1 is 1.05 bits per heavy atom. The highest BCUT2D eigenvalue weighted by molar-refractivity contribution is 5.44. The standard InChI is InChI=1S/C18H24O3/c1-11-9-20-15-7-6-12(8-16(15)21-10-11)18(19)17-13-4-2-3-5-14(13)17/h6-8,11,13-14,17-19H,2-5,9-10H2,1H3. The normalized spacial score (nSPS) is 35.5. The number of aliphatic hydroxyl groups excluding tert-OH is 1. The minimum Gasteiger partial charge on any atom is -0.489 e. The molecule has 3 nitrogen and oxygen atoms in total. The highest BCUT2D eigenvalue weighted by Crippen LogP contribution is 2.60. The minimum absolute atomic E-state index is 0.340. The maximum Gasteiger partial charge on any atom is 0.161 e. The summed E-state index contributed by atoms with van der Waals surface area (Å²) in [5, 5.41) is 10.7. The molecule has 2 aliphatic carbocycles. The van der Waals surface area contributed by atoms with E-state index >= 15 is 0 Å². The average Bonchev–Trinajstić information content (AvgIpc) is 3.26. The van der Waals surface area contributed by atoms with E-state index in [1.165, 1.54) is 25.7 Å². The van der Waals surface area contributed by atoms with Crippen molar-refractivity contribution in [3.8, 4) is 11.5 Å². The minimum atomic E-state index is -0.340. The molecule has 4 unspecified atom stereocenters. The Labute approximate surface area is 126 Å². The molecule has 0 amide bonds. The number of ether oxygens (including phenoxy) is 2. The van der Waals surface area contributed by atoms with Crippen LogP contribution in [0.1, 0.15) is 44.3 Å². The van der Waals surface area contributed by atoms with E-state index < -0.39 is 0 Å². The van der Waals surface area contributed by atoms with E-state index in [-0.39, 0.29) is 6.10 Å². The van der Waals surface area contributed by atoms with Gasteiger partial charge >= 0.3 is 0 Å². The Morgan fingerprint density at radius 2 is 1.71 bits per heavy atom. The predicted molar refractivity (Wildman–Crippen MR) is 80.5 cm³/mol. The summed E-state index contributed by atoms with van der Waals surface area (Å²) in [6.07, 6.45) is 4.93.